The standard InChI is InChI=1S/C14H20N6O4/c1-5(21)17-9-10-16-12-11(15-9)19(7(3)23)14(20(12)8(4)24)13(17)18(10)6(2)22/h9-16H,1-4H3/t9-,10+,11?,12?,13?,14?. The Bertz CT molecular complexity index is 560. The van der Waals surface area contributed by atoms with E-state index in [9.17, 15) is 19.2 Å². The second-order valence-corrected chi connectivity index (χ2v) is 6.65. The summed E-state index contributed by atoms with van der Waals surface area (Å²) in [7, 11) is 0. The van der Waals surface area contributed by atoms with Crippen molar-refractivity contribution in [3.8, 4) is 0 Å². The lowest BCUT2D eigenvalue weighted by Gasteiger charge is -2.42. The van der Waals surface area contributed by atoms with Crippen LogP contribution in [0.4, 0.5) is 0 Å². The van der Waals surface area contributed by atoms with Crippen LogP contribution in [0.15, 0.2) is 0 Å². The molecule has 10 nitrogen and oxygen atoms in total. The van der Waals surface area contributed by atoms with Crippen molar-refractivity contribution in [2.75, 3.05) is 0 Å². The summed E-state index contributed by atoms with van der Waals surface area (Å²) in [5.74, 6) is -0.866. The van der Waals surface area contributed by atoms with E-state index in [-0.39, 0.29) is 23.6 Å². The Labute approximate surface area is 138 Å². The van der Waals surface area contributed by atoms with E-state index in [0.29, 0.717) is 0 Å². The minimum absolute atomic E-state index is 0.217. The molecule has 0 aliphatic carbocycles. The van der Waals surface area contributed by atoms with Gasteiger partial charge in [-0.2, -0.15) is 0 Å². The van der Waals surface area contributed by atoms with E-state index >= 15 is 0 Å². The molecular weight excluding hydrogens is 316 g/mol. The smallest absolute Gasteiger partial charge is 0.222 e. The number of amides is 4. The summed E-state index contributed by atoms with van der Waals surface area (Å²) in [6.07, 6.45) is -3.14. The maximum Gasteiger partial charge on any atom is 0.222 e. The summed E-state index contributed by atoms with van der Waals surface area (Å²) in [6.45, 7) is 5.71. The molecule has 5 rings (SSSR count). The molecular formula is C14H20N6O4. The molecule has 0 aromatic carbocycles. The van der Waals surface area contributed by atoms with Gasteiger partial charge >= 0.3 is 0 Å². The Balaban J connectivity index is 1.93. The largest absolute Gasteiger partial charge is 0.299 e. The molecule has 130 valence electrons. The number of carbonyl (C=O) groups is 4. The number of hydrogen-bond acceptors (Lipinski definition) is 6. The summed E-state index contributed by atoms with van der Waals surface area (Å²) in [5, 5.41) is 6.58. The van der Waals surface area contributed by atoms with Crippen molar-refractivity contribution in [1.29, 1.82) is 0 Å². The van der Waals surface area contributed by atoms with E-state index in [1.165, 1.54) is 27.7 Å². The van der Waals surface area contributed by atoms with Crippen molar-refractivity contribution >= 4 is 23.6 Å². The predicted molar refractivity (Wildman–Crippen MR) is 79.1 cm³/mol. The van der Waals surface area contributed by atoms with Gasteiger partial charge in [-0.05, 0) is 0 Å². The van der Waals surface area contributed by atoms with Crippen LogP contribution in [-0.4, -0.2) is 80.2 Å². The zero-order chi connectivity index (χ0) is 17.5. The summed E-state index contributed by atoms with van der Waals surface area (Å²) in [4.78, 5) is 55.4. The Morgan fingerprint density at radius 3 is 0.917 bits per heavy atom. The topological polar surface area (TPSA) is 105 Å². The molecule has 0 saturated carbocycles. The number of nitrogens with one attached hydrogen (secondary N) is 2. The van der Waals surface area contributed by atoms with Gasteiger partial charge < -0.3 is 0 Å². The summed E-state index contributed by atoms with van der Waals surface area (Å²) < 4.78 is 0. The number of nitrogens with zero attached hydrogens (tertiary/aromatic N) is 4. The lowest BCUT2D eigenvalue weighted by Crippen LogP contribution is -2.73. The molecule has 0 radical (unpaired) electrons. The van der Waals surface area contributed by atoms with Gasteiger partial charge in [-0.25, -0.2) is 0 Å². The quantitative estimate of drug-likeness (QED) is 0.510. The third-order valence-corrected chi connectivity index (χ3v) is 5.34. The van der Waals surface area contributed by atoms with Crippen LogP contribution in [0.2, 0.25) is 0 Å². The monoisotopic (exact) mass is 336 g/mol. The fraction of sp³-hybridized carbons (Fsp3) is 0.714. The molecule has 0 aromatic heterocycles. The van der Waals surface area contributed by atoms with Crippen molar-refractivity contribution in [1.82, 2.24) is 30.2 Å². The molecule has 0 spiro atoms. The molecule has 6 bridgehead atoms. The van der Waals surface area contributed by atoms with Gasteiger partial charge in [0, 0.05) is 27.7 Å². The van der Waals surface area contributed by atoms with Crippen LogP contribution in [0.1, 0.15) is 27.7 Å². The maximum absolute atomic E-state index is 12.3. The molecule has 5 fully saturated rings. The van der Waals surface area contributed by atoms with Gasteiger partial charge in [-0.1, -0.05) is 0 Å². The van der Waals surface area contributed by atoms with Gasteiger partial charge in [0.05, 0.1) is 0 Å². The van der Waals surface area contributed by atoms with Crippen LogP contribution in [-0.2, 0) is 19.2 Å². The van der Waals surface area contributed by atoms with Crippen molar-refractivity contribution < 1.29 is 19.2 Å². The number of carbonyl (C=O) groups excluding carboxylic acids is 4. The number of rotatable bonds is 0. The number of hydrogen-bond donors (Lipinski definition) is 2. The Morgan fingerprint density at radius 2 is 0.750 bits per heavy atom. The average molecular weight is 336 g/mol. The van der Waals surface area contributed by atoms with Crippen molar-refractivity contribution in [3.05, 3.63) is 0 Å². The lowest BCUT2D eigenvalue weighted by atomic mass is 10.2. The highest BCUT2D eigenvalue weighted by Crippen LogP contribution is 2.43. The van der Waals surface area contributed by atoms with Crippen molar-refractivity contribution in [2.24, 2.45) is 0 Å². The van der Waals surface area contributed by atoms with Crippen LogP contribution in [0.5, 0.6) is 0 Å². The summed E-state index contributed by atoms with van der Waals surface area (Å²) in [5.41, 5.74) is 0. The highest BCUT2D eigenvalue weighted by atomic mass is 16.2. The molecule has 10 heteroatoms. The molecule has 24 heavy (non-hydrogen) atoms. The van der Waals surface area contributed by atoms with E-state index in [4.69, 9.17) is 0 Å². The lowest BCUT2D eigenvalue weighted by molar-refractivity contribution is -0.152. The van der Waals surface area contributed by atoms with Gasteiger partial charge in [0.25, 0.3) is 0 Å². The normalized spacial score (nSPS) is 38.8. The van der Waals surface area contributed by atoms with Crippen molar-refractivity contribution in [2.45, 2.75) is 64.7 Å². The minimum atomic E-state index is -0.708. The first-order valence-electron chi connectivity index (χ1n) is 7.93. The third-order valence-electron chi connectivity index (χ3n) is 5.34. The first-order valence-corrected chi connectivity index (χ1v) is 7.93. The summed E-state index contributed by atoms with van der Waals surface area (Å²) >= 11 is 0. The van der Waals surface area contributed by atoms with Gasteiger partial charge in [0.15, 0.2) is 0 Å². The molecule has 4 unspecified atom stereocenters. The van der Waals surface area contributed by atoms with Crippen LogP contribution >= 0.6 is 0 Å². The molecule has 5 aliphatic rings. The van der Waals surface area contributed by atoms with Crippen LogP contribution in [0.25, 0.3) is 0 Å². The maximum atomic E-state index is 12.3. The Kier molecular flexibility index (Phi) is 2.98. The molecule has 5 saturated heterocycles. The van der Waals surface area contributed by atoms with E-state index in [2.05, 4.69) is 10.6 Å². The summed E-state index contributed by atoms with van der Waals surface area (Å²) in [6, 6.07) is 0. The molecule has 6 atom stereocenters. The third kappa shape index (κ3) is 1.62. The highest BCUT2D eigenvalue weighted by Gasteiger charge is 2.69. The van der Waals surface area contributed by atoms with Crippen LogP contribution in [0.3, 0.4) is 0 Å². The van der Waals surface area contributed by atoms with Crippen LogP contribution in [0, 0.1) is 0 Å². The molecule has 5 aliphatic heterocycles. The molecule has 4 amide bonds. The van der Waals surface area contributed by atoms with E-state index in [1.54, 1.807) is 19.6 Å². The van der Waals surface area contributed by atoms with E-state index in [0.717, 1.165) is 0 Å². The molecule has 5 heterocycles. The zero-order valence-electron chi connectivity index (χ0n) is 13.9. The predicted octanol–water partition coefficient (Wildman–Crippen LogP) is -2.43. The van der Waals surface area contributed by atoms with Gasteiger partial charge in [-0.3, -0.25) is 49.4 Å². The fourth-order valence-electron chi connectivity index (χ4n) is 4.67. The van der Waals surface area contributed by atoms with Gasteiger partial charge in [0.2, 0.25) is 23.6 Å². The SMILES string of the molecule is CC(=O)N1C2N[C@@H]3[C@@H]4NC2N(C(C)=O)C1C(N3C(C)=O)N4C(C)=O. The van der Waals surface area contributed by atoms with E-state index in [1.807, 2.05) is 0 Å². The second-order valence-electron chi connectivity index (χ2n) is 6.65. The zero-order valence-corrected chi connectivity index (χ0v) is 13.9. The Hall–Kier alpha value is -2.20. The van der Waals surface area contributed by atoms with Crippen LogP contribution < -0.4 is 10.6 Å². The van der Waals surface area contributed by atoms with Crippen molar-refractivity contribution in [3.63, 3.8) is 0 Å². The minimum Gasteiger partial charge on any atom is -0.299 e. The first kappa shape index (κ1) is 15.3. The fourth-order valence-corrected chi connectivity index (χ4v) is 4.67. The average Bonchev–Trinajstić information content (AvgIpc) is 2.85. The molecule has 0 aromatic rings. The second kappa shape index (κ2) is 4.67. The number of piperazine rings is 1. The van der Waals surface area contributed by atoms with Gasteiger partial charge in [0.1, 0.15) is 37.0 Å². The first-order chi connectivity index (χ1) is 11.3. The Morgan fingerprint density at radius 1 is 0.542 bits per heavy atom. The molecule has 2 N–H and O–H groups in total. The van der Waals surface area contributed by atoms with Gasteiger partial charge in [-0.15, -0.1) is 0 Å². The van der Waals surface area contributed by atoms with E-state index < -0.39 is 37.0 Å². The highest BCUT2D eigenvalue weighted by molar-refractivity contribution is 5.83.